The molecule has 108 valence electrons. The average Bonchev–Trinajstić information content (AvgIpc) is 3.24. The summed E-state index contributed by atoms with van der Waals surface area (Å²) in [6.07, 6.45) is 8.68. The zero-order chi connectivity index (χ0) is 13.1. The third-order valence-corrected chi connectivity index (χ3v) is 4.62. The van der Waals surface area contributed by atoms with Gasteiger partial charge in [-0.1, -0.05) is 0 Å². The molecule has 3 fully saturated rings. The lowest BCUT2D eigenvalue weighted by atomic mass is 10.0. The third-order valence-electron chi connectivity index (χ3n) is 4.62. The predicted octanol–water partition coefficient (Wildman–Crippen LogP) is 1.55. The Morgan fingerprint density at radius 3 is 2.89 bits per heavy atom. The average molecular weight is 266 g/mol. The lowest BCUT2D eigenvalue weighted by Gasteiger charge is -2.37. The van der Waals surface area contributed by atoms with Crippen molar-refractivity contribution in [2.45, 2.75) is 57.1 Å². The number of carbonyl (C=O) groups is 1. The van der Waals surface area contributed by atoms with Crippen molar-refractivity contribution in [3.8, 4) is 0 Å². The molecule has 0 bridgehead atoms. The second kappa shape index (κ2) is 6.23. The minimum Gasteiger partial charge on any atom is -0.377 e. The van der Waals surface area contributed by atoms with Crippen molar-refractivity contribution in [1.82, 2.24) is 10.2 Å². The van der Waals surface area contributed by atoms with Crippen LogP contribution >= 0.6 is 0 Å². The Morgan fingerprint density at radius 1 is 1.16 bits per heavy atom. The number of amides is 1. The van der Waals surface area contributed by atoms with E-state index in [9.17, 15) is 4.79 Å². The van der Waals surface area contributed by atoms with Crippen LogP contribution in [0.25, 0.3) is 0 Å². The van der Waals surface area contributed by atoms with Crippen LogP contribution in [0.15, 0.2) is 0 Å². The molecule has 0 aromatic rings. The Hall–Kier alpha value is -0.610. The number of ether oxygens (including phenoxy) is 1. The molecule has 3 aliphatic rings. The summed E-state index contributed by atoms with van der Waals surface area (Å²) in [5.74, 6) is 1.07. The molecule has 2 heterocycles. The van der Waals surface area contributed by atoms with Crippen LogP contribution in [0.3, 0.4) is 0 Å². The minimum atomic E-state index is 0.0924. The number of piperidine rings is 1. The van der Waals surface area contributed by atoms with E-state index in [-0.39, 0.29) is 11.9 Å². The van der Waals surface area contributed by atoms with Crippen molar-refractivity contribution >= 4 is 5.91 Å². The molecule has 19 heavy (non-hydrogen) atoms. The van der Waals surface area contributed by atoms with E-state index in [1.54, 1.807) is 0 Å². The normalized spacial score (nSPS) is 33.8. The number of nitrogens with zero attached hydrogens (tertiary/aromatic N) is 1. The van der Waals surface area contributed by atoms with Crippen LogP contribution in [0.1, 0.15) is 44.9 Å². The van der Waals surface area contributed by atoms with E-state index >= 15 is 0 Å². The molecule has 0 aromatic heterocycles. The molecule has 2 saturated heterocycles. The van der Waals surface area contributed by atoms with E-state index in [0.717, 1.165) is 57.8 Å². The van der Waals surface area contributed by atoms with Crippen molar-refractivity contribution in [1.29, 1.82) is 0 Å². The molecule has 0 aromatic carbocycles. The van der Waals surface area contributed by atoms with E-state index in [1.165, 1.54) is 19.3 Å². The highest BCUT2D eigenvalue weighted by Gasteiger charge is 2.32. The van der Waals surface area contributed by atoms with E-state index in [2.05, 4.69) is 10.2 Å². The van der Waals surface area contributed by atoms with Gasteiger partial charge in [0.2, 0.25) is 5.91 Å². The molecule has 2 atom stereocenters. The van der Waals surface area contributed by atoms with Crippen molar-refractivity contribution in [2.75, 3.05) is 26.2 Å². The van der Waals surface area contributed by atoms with Crippen LogP contribution < -0.4 is 5.32 Å². The van der Waals surface area contributed by atoms with Crippen molar-refractivity contribution in [3.05, 3.63) is 0 Å². The highest BCUT2D eigenvalue weighted by molar-refractivity contribution is 5.81. The summed E-state index contributed by atoms with van der Waals surface area (Å²) in [4.78, 5) is 14.5. The number of hydrogen-bond acceptors (Lipinski definition) is 3. The van der Waals surface area contributed by atoms with Crippen molar-refractivity contribution in [3.63, 3.8) is 0 Å². The zero-order valence-electron chi connectivity index (χ0n) is 11.8. The van der Waals surface area contributed by atoms with E-state index < -0.39 is 0 Å². The van der Waals surface area contributed by atoms with E-state index in [4.69, 9.17) is 4.74 Å². The van der Waals surface area contributed by atoms with Crippen molar-refractivity contribution in [2.24, 2.45) is 5.92 Å². The fourth-order valence-corrected chi connectivity index (χ4v) is 3.21. The van der Waals surface area contributed by atoms with Crippen LogP contribution in [0.2, 0.25) is 0 Å². The largest absolute Gasteiger partial charge is 0.377 e. The highest BCUT2D eigenvalue weighted by atomic mass is 16.5. The fourth-order valence-electron chi connectivity index (χ4n) is 3.21. The Balaban J connectivity index is 1.52. The molecular weight excluding hydrogens is 240 g/mol. The Morgan fingerprint density at radius 2 is 2.05 bits per heavy atom. The maximum atomic E-state index is 12.1. The van der Waals surface area contributed by atoms with Crippen LogP contribution in [0, 0.1) is 5.92 Å². The van der Waals surface area contributed by atoms with Crippen LogP contribution in [0.4, 0.5) is 0 Å². The maximum absolute atomic E-state index is 12.1. The Labute approximate surface area is 115 Å². The molecule has 0 unspecified atom stereocenters. The summed E-state index contributed by atoms with van der Waals surface area (Å²) in [7, 11) is 0. The Kier molecular flexibility index (Phi) is 4.38. The lowest BCUT2D eigenvalue weighted by Crippen LogP contribution is -2.51. The minimum absolute atomic E-state index is 0.0924. The first-order chi connectivity index (χ1) is 9.33. The quantitative estimate of drug-likeness (QED) is 0.839. The van der Waals surface area contributed by atoms with Gasteiger partial charge in [-0.3, -0.25) is 9.69 Å². The molecular formula is C15H26N2O2. The monoisotopic (exact) mass is 266 g/mol. The number of likely N-dealkylation sites (tertiary alicyclic amines) is 1. The number of nitrogens with one attached hydrogen (secondary N) is 1. The van der Waals surface area contributed by atoms with Gasteiger partial charge in [-0.15, -0.1) is 0 Å². The summed E-state index contributed by atoms with van der Waals surface area (Å²) in [6, 6.07) is 0.0924. The highest BCUT2D eigenvalue weighted by Crippen LogP contribution is 2.30. The molecule has 4 nitrogen and oxygen atoms in total. The lowest BCUT2D eigenvalue weighted by molar-refractivity contribution is -0.128. The van der Waals surface area contributed by atoms with E-state index in [1.807, 2.05) is 0 Å². The van der Waals surface area contributed by atoms with Gasteiger partial charge in [-0.2, -0.15) is 0 Å². The van der Waals surface area contributed by atoms with Crippen LogP contribution in [-0.4, -0.2) is 49.2 Å². The van der Waals surface area contributed by atoms with Crippen molar-refractivity contribution < 1.29 is 9.53 Å². The van der Waals surface area contributed by atoms with E-state index in [0.29, 0.717) is 6.10 Å². The first-order valence-corrected chi connectivity index (χ1v) is 7.96. The molecule has 0 radical (unpaired) electrons. The Bertz CT molecular complexity index is 317. The predicted molar refractivity (Wildman–Crippen MR) is 73.9 cm³/mol. The topological polar surface area (TPSA) is 41.6 Å². The second-order valence-corrected chi connectivity index (χ2v) is 6.34. The van der Waals surface area contributed by atoms with Crippen LogP contribution in [-0.2, 0) is 9.53 Å². The number of rotatable bonds is 4. The van der Waals surface area contributed by atoms with Crippen LogP contribution in [0.5, 0.6) is 0 Å². The van der Waals surface area contributed by atoms with Gasteiger partial charge in [0, 0.05) is 19.7 Å². The molecule has 3 rings (SSSR count). The molecule has 0 spiro atoms. The van der Waals surface area contributed by atoms with Gasteiger partial charge >= 0.3 is 0 Å². The molecule has 1 aliphatic carbocycles. The SMILES string of the molecule is O=C1NCCCC[C@@H]1N1CCC[C@H](OCC2CC2)C1. The van der Waals surface area contributed by atoms with Gasteiger partial charge < -0.3 is 10.1 Å². The summed E-state index contributed by atoms with van der Waals surface area (Å²) in [6.45, 7) is 3.80. The summed E-state index contributed by atoms with van der Waals surface area (Å²) in [5.41, 5.74) is 0. The standard InChI is InChI=1S/C15H26N2O2/c18-15-14(5-1-2-8-16-15)17-9-3-4-13(10-17)19-11-12-6-7-12/h12-14H,1-11H2,(H,16,18)/t13-,14-/m0/s1. The third kappa shape index (κ3) is 3.69. The van der Waals surface area contributed by atoms with Gasteiger partial charge in [-0.05, 0) is 57.4 Å². The fraction of sp³-hybridized carbons (Fsp3) is 0.933. The molecule has 4 heteroatoms. The zero-order valence-corrected chi connectivity index (χ0v) is 11.8. The number of carbonyl (C=O) groups excluding carboxylic acids is 1. The molecule has 1 saturated carbocycles. The first-order valence-electron chi connectivity index (χ1n) is 7.96. The summed E-state index contributed by atoms with van der Waals surface area (Å²) >= 11 is 0. The molecule has 1 amide bonds. The summed E-state index contributed by atoms with van der Waals surface area (Å²) in [5, 5.41) is 3.05. The smallest absolute Gasteiger partial charge is 0.237 e. The maximum Gasteiger partial charge on any atom is 0.237 e. The van der Waals surface area contributed by atoms with Gasteiger partial charge in [0.15, 0.2) is 0 Å². The molecule has 1 N–H and O–H groups in total. The van der Waals surface area contributed by atoms with Gasteiger partial charge in [-0.25, -0.2) is 0 Å². The first kappa shape index (κ1) is 13.4. The van der Waals surface area contributed by atoms with Gasteiger partial charge in [0.1, 0.15) is 0 Å². The molecule has 2 aliphatic heterocycles. The second-order valence-electron chi connectivity index (χ2n) is 6.34. The van der Waals surface area contributed by atoms with Gasteiger partial charge in [0.25, 0.3) is 0 Å². The number of hydrogen-bond donors (Lipinski definition) is 1. The van der Waals surface area contributed by atoms with Gasteiger partial charge in [0.05, 0.1) is 12.1 Å². The summed E-state index contributed by atoms with van der Waals surface area (Å²) < 4.78 is 6.02.